The highest BCUT2D eigenvalue weighted by Crippen LogP contribution is 2.24. The van der Waals surface area contributed by atoms with Gasteiger partial charge in [-0.1, -0.05) is 0 Å². The molecule has 0 aliphatic carbocycles. The van der Waals surface area contributed by atoms with Gasteiger partial charge in [0, 0.05) is 18.5 Å². The summed E-state index contributed by atoms with van der Waals surface area (Å²) in [5.41, 5.74) is 0.330. The van der Waals surface area contributed by atoms with Crippen molar-refractivity contribution >= 4 is 0 Å². The summed E-state index contributed by atoms with van der Waals surface area (Å²) in [5.74, 6) is 0. The highest BCUT2D eigenvalue weighted by atomic mass is 16.5. The van der Waals surface area contributed by atoms with E-state index in [9.17, 15) is 0 Å². The van der Waals surface area contributed by atoms with Crippen LogP contribution in [0.15, 0.2) is 0 Å². The topological polar surface area (TPSA) is 30.5 Å². The van der Waals surface area contributed by atoms with Crippen LogP contribution in [0.5, 0.6) is 0 Å². The number of hydrogen-bond acceptors (Lipinski definition) is 3. The molecule has 0 amide bonds. The molecule has 10 heavy (non-hydrogen) atoms. The first-order valence-electron chi connectivity index (χ1n) is 3.78. The molecular weight excluding hydrogens is 130 g/mol. The van der Waals surface area contributed by atoms with Crippen LogP contribution in [0.4, 0.5) is 0 Å². The summed E-state index contributed by atoms with van der Waals surface area (Å²) in [4.78, 5) is 0. The molecule has 0 aromatic rings. The third-order valence-corrected chi connectivity index (χ3v) is 2.19. The molecule has 2 fully saturated rings. The average molecular weight is 143 g/mol. The Morgan fingerprint density at radius 2 is 1.60 bits per heavy atom. The van der Waals surface area contributed by atoms with Gasteiger partial charge in [0.1, 0.15) is 0 Å². The van der Waals surface area contributed by atoms with E-state index in [0.29, 0.717) is 5.41 Å². The zero-order valence-corrected chi connectivity index (χ0v) is 6.06. The fraction of sp³-hybridized carbons (Fsp3) is 1.00. The van der Waals surface area contributed by atoms with Crippen molar-refractivity contribution in [2.75, 3.05) is 39.5 Å². The zero-order chi connectivity index (χ0) is 6.86. The number of hydrogen-bond donors (Lipinski definition) is 1. The van der Waals surface area contributed by atoms with Crippen molar-refractivity contribution in [1.82, 2.24) is 5.32 Å². The maximum Gasteiger partial charge on any atom is 0.0700 e. The summed E-state index contributed by atoms with van der Waals surface area (Å²) in [7, 11) is 0. The molecule has 3 nitrogen and oxygen atoms in total. The first-order chi connectivity index (χ1) is 4.91. The lowest BCUT2D eigenvalue weighted by molar-refractivity contribution is 0.00976. The van der Waals surface area contributed by atoms with Gasteiger partial charge in [0.25, 0.3) is 0 Å². The minimum atomic E-state index is 0.330. The van der Waals surface area contributed by atoms with E-state index in [0.717, 1.165) is 39.5 Å². The third-order valence-electron chi connectivity index (χ3n) is 2.19. The average Bonchev–Trinajstić information content (AvgIpc) is 2.08. The SMILES string of the molecule is C1COCC2(CNC2)CO1. The predicted molar refractivity (Wildman–Crippen MR) is 36.9 cm³/mol. The quantitative estimate of drug-likeness (QED) is 0.501. The van der Waals surface area contributed by atoms with E-state index in [-0.39, 0.29) is 0 Å². The van der Waals surface area contributed by atoms with Gasteiger partial charge >= 0.3 is 0 Å². The van der Waals surface area contributed by atoms with E-state index < -0.39 is 0 Å². The Hall–Kier alpha value is -0.120. The standard InChI is InChI=1S/C7H13NO2/c1-2-10-6-7(5-9-1)3-8-4-7/h8H,1-6H2. The summed E-state index contributed by atoms with van der Waals surface area (Å²) < 4.78 is 10.8. The van der Waals surface area contributed by atoms with Gasteiger partial charge in [-0.3, -0.25) is 0 Å². The van der Waals surface area contributed by atoms with Gasteiger partial charge in [-0.15, -0.1) is 0 Å². The maximum atomic E-state index is 5.39. The van der Waals surface area contributed by atoms with Crippen LogP contribution in [0.1, 0.15) is 0 Å². The van der Waals surface area contributed by atoms with Crippen molar-refractivity contribution in [1.29, 1.82) is 0 Å². The second-order valence-electron chi connectivity index (χ2n) is 3.21. The molecule has 0 aromatic carbocycles. The van der Waals surface area contributed by atoms with Crippen LogP contribution in [0.25, 0.3) is 0 Å². The Morgan fingerprint density at radius 1 is 1.00 bits per heavy atom. The van der Waals surface area contributed by atoms with Crippen LogP contribution in [-0.4, -0.2) is 39.5 Å². The molecule has 2 saturated heterocycles. The molecule has 0 saturated carbocycles. The molecule has 2 heterocycles. The molecule has 2 aliphatic rings. The minimum absolute atomic E-state index is 0.330. The van der Waals surface area contributed by atoms with Crippen LogP contribution in [0, 0.1) is 5.41 Å². The lowest BCUT2D eigenvalue weighted by Crippen LogP contribution is -2.58. The third kappa shape index (κ3) is 1.05. The first kappa shape index (κ1) is 6.58. The van der Waals surface area contributed by atoms with Crippen molar-refractivity contribution in [2.45, 2.75) is 0 Å². The summed E-state index contributed by atoms with van der Waals surface area (Å²) in [6.45, 7) is 5.41. The Balaban J connectivity index is 1.92. The lowest BCUT2D eigenvalue weighted by Gasteiger charge is -2.40. The molecule has 2 rings (SSSR count). The van der Waals surface area contributed by atoms with Crippen molar-refractivity contribution in [3.63, 3.8) is 0 Å². The van der Waals surface area contributed by atoms with Crippen molar-refractivity contribution in [2.24, 2.45) is 5.41 Å². The minimum Gasteiger partial charge on any atom is -0.378 e. The molecule has 3 heteroatoms. The second-order valence-corrected chi connectivity index (χ2v) is 3.21. The largest absolute Gasteiger partial charge is 0.378 e. The number of ether oxygens (including phenoxy) is 2. The summed E-state index contributed by atoms with van der Waals surface area (Å²) >= 11 is 0. The van der Waals surface area contributed by atoms with Gasteiger partial charge < -0.3 is 14.8 Å². The van der Waals surface area contributed by atoms with Gasteiger partial charge in [0.15, 0.2) is 0 Å². The van der Waals surface area contributed by atoms with Crippen molar-refractivity contribution < 1.29 is 9.47 Å². The Labute approximate surface area is 60.7 Å². The normalized spacial score (nSPS) is 31.2. The van der Waals surface area contributed by atoms with E-state index in [4.69, 9.17) is 9.47 Å². The highest BCUT2D eigenvalue weighted by molar-refractivity contribution is 4.92. The van der Waals surface area contributed by atoms with E-state index in [2.05, 4.69) is 5.32 Å². The molecule has 2 aliphatic heterocycles. The van der Waals surface area contributed by atoms with Crippen LogP contribution in [-0.2, 0) is 9.47 Å². The predicted octanol–water partition coefficient (Wildman–Crippen LogP) is -0.377. The summed E-state index contributed by atoms with van der Waals surface area (Å²) in [6, 6.07) is 0. The van der Waals surface area contributed by atoms with Gasteiger partial charge in [-0.25, -0.2) is 0 Å². The molecular formula is C7H13NO2. The van der Waals surface area contributed by atoms with Crippen molar-refractivity contribution in [3.8, 4) is 0 Å². The van der Waals surface area contributed by atoms with E-state index >= 15 is 0 Å². The van der Waals surface area contributed by atoms with Gasteiger partial charge in [0.05, 0.1) is 26.4 Å². The molecule has 0 unspecified atom stereocenters. The molecule has 58 valence electrons. The fourth-order valence-electron chi connectivity index (χ4n) is 1.42. The molecule has 0 radical (unpaired) electrons. The van der Waals surface area contributed by atoms with E-state index in [1.165, 1.54) is 0 Å². The van der Waals surface area contributed by atoms with Crippen LogP contribution in [0.3, 0.4) is 0 Å². The molecule has 0 atom stereocenters. The highest BCUT2D eigenvalue weighted by Gasteiger charge is 2.38. The summed E-state index contributed by atoms with van der Waals surface area (Å²) in [6.07, 6.45) is 0. The molecule has 0 bridgehead atoms. The second kappa shape index (κ2) is 2.49. The molecule has 1 spiro atoms. The summed E-state index contributed by atoms with van der Waals surface area (Å²) in [5, 5.41) is 3.24. The van der Waals surface area contributed by atoms with E-state index in [1.54, 1.807) is 0 Å². The Morgan fingerprint density at radius 3 is 2.00 bits per heavy atom. The Kier molecular flexibility index (Phi) is 1.64. The van der Waals surface area contributed by atoms with Gasteiger partial charge in [0.2, 0.25) is 0 Å². The van der Waals surface area contributed by atoms with Gasteiger partial charge in [-0.05, 0) is 0 Å². The Bertz CT molecular complexity index is 113. The van der Waals surface area contributed by atoms with Crippen LogP contribution in [0.2, 0.25) is 0 Å². The van der Waals surface area contributed by atoms with Crippen molar-refractivity contribution in [3.05, 3.63) is 0 Å². The molecule has 0 aromatic heterocycles. The smallest absolute Gasteiger partial charge is 0.0700 e. The fourth-order valence-corrected chi connectivity index (χ4v) is 1.42. The monoisotopic (exact) mass is 143 g/mol. The molecule has 1 N–H and O–H groups in total. The van der Waals surface area contributed by atoms with Crippen LogP contribution < -0.4 is 5.32 Å². The number of nitrogens with one attached hydrogen (secondary N) is 1. The zero-order valence-electron chi connectivity index (χ0n) is 6.06. The van der Waals surface area contributed by atoms with Crippen LogP contribution >= 0.6 is 0 Å². The van der Waals surface area contributed by atoms with Gasteiger partial charge in [-0.2, -0.15) is 0 Å². The lowest BCUT2D eigenvalue weighted by atomic mass is 9.84. The maximum absolute atomic E-state index is 5.39. The van der Waals surface area contributed by atoms with E-state index in [1.807, 2.05) is 0 Å². The number of rotatable bonds is 0. The first-order valence-corrected chi connectivity index (χ1v) is 3.78.